The molecule has 0 saturated carbocycles. The predicted octanol–water partition coefficient (Wildman–Crippen LogP) is 0.391. The van der Waals surface area contributed by atoms with E-state index >= 15 is 0 Å². The summed E-state index contributed by atoms with van der Waals surface area (Å²) >= 11 is 0. The third-order valence-corrected chi connectivity index (χ3v) is 2.10. The zero-order valence-electron chi connectivity index (χ0n) is 9.24. The number of carbonyl (C=O) groups excluding carboxylic acids is 1. The van der Waals surface area contributed by atoms with Gasteiger partial charge in [0.25, 0.3) is 0 Å². The highest BCUT2D eigenvalue weighted by molar-refractivity contribution is 5.83. The summed E-state index contributed by atoms with van der Waals surface area (Å²) in [5, 5.41) is 11.2. The quantitative estimate of drug-likeness (QED) is 0.666. The van der Waals surface area contributed by atoms with Gasteiger partial charge in [-0.25, -0.2) is 0 Å². The molecular weight excluding hydrogens is 198 g/mol. The molecule has 0 aliphatic carbocycles. The van der Waals surface area contributed by atoms with Crippen molar-refractivity contribution in [2.75, 3.05) is 6.61 Å². The van der Waals surface area contributed by atoms with Crippen molar-refractivity contribution in [3.8, 4) is 0 Å². The molecule has 0 bridgehead atoms. The number of nitrogens with one attached hydrogen (secondary N) is 1. The maximum Gasteiger partial charge on any atom is 0.323 e. The first kappa shape index (κ1) is 12.0. The van der Waals surface area contributed by atoms with Crippen molar-refractivity contribution in [3.63, 3.8) is 0 Å². The molecule has 0 radical (unpaired) electrons. The summed E-state index contributed by atoms with van der Waals surface area (Å²) in [4.78, 5) is 21.8. The molecule has 15 heavy (non-hydrogen) atoms. The van der Waals surface area contributed by atoms with Gasteiger partial charge in [-0.1, -0.05) is 20.8 Å². The van der Waals surface area contributed by atoms with Crippen LogP contribution in [0, 0.1) is 5.41 Å². The Bertz CT molecular complexity index is 263. The Morgan fingerprint density at radius 1 is 1.40 bits per heavy atom. The van der Waals surface area contributed by atoms with Gasteiger partial charge in [0.1, 0.15) is 12.1 Å². The second kappa shape index (κ2) is 4.18. The van der Waals surface area contributed by atoms with Gasteiger partial charge < -0.3 is 9.84 Å². The highest BCUT2D eigenvalue weighted by Crippen LogP contribution is 2.17. The first-order valence-corrected chi connectivity index (χ1v) is 4.95. The molecule has 0 unspecified atom stereocenters. The summed E-state index contributed by atoms with van der Waals surface area (Å²) in [6.07, 6.45) is 0.318. The summed E-state index contributed by atoms with van der Waals surface area (Å²) in [6.45, 7) is 6.25. The van der Waals surface area contributed by atoms with Crippen LogP contribution in [0.3, 0.4) is 0 Å². The molecule has 0 aromatic carbocycles. The molecule has 1 aliphatic rings. The third-order valence-electron chi connectivity index (χ3n) is 2.10. The standard InChI is InChI=1S/C10H17NO4/c1-10(2,3)5-15-9(14)7-4-6(11-7)8(12)13/h6-7,11H,4-5H2,1-3H3,(H,12,13)/t6-,7-/m1/s1. The van der Waals surface area contributed by atoms with Crippen LogP contribution in [0.4, 0.5) is 0 Å². The zero-order valence-corrected chi connectivity index (χ0v) is 9.24. The van der Waals surface area contributed by atoms with E-state index in [4.69, 9.17) is 9.84 Å². The van der Waals surface area contributed by atoms with Gasteiger partial charge in [-0.3, -0.25) is 14.9 Å². The van der Waals surface area contributed by atoms with Gasteiger partial charge in [0.05, 0.1) is 6.61 Å². The van der Waals surface area contributed by atoms with Crippen molar-refractivity contribution in [1.29, 1.82) is 0 Å². The highest BCUT2D eigenvalue weighted by atomic mass is 16.5. The Morgan fingerprint density at radius 3 is 2.33 bits per heavy atom. The van der Waals surface area contributed by atoms with Crippen LogP contribution < -0.4 is 5.32 Å². The summed E-state index contributed by atoms with van der Waals surface area (Å²) in [7, 11) is 0. The van der Waals surface area contributed by atoms with Crippen molar-refractivity contribution in [1.82, 2.24) is 5.32 Å². The number of hydrogen-bond donors (Lipinski definition) is 2. The van der Waals surface area contributed by atoms with Gasteiger partial charge in [-0.15, -0.1) is 0 Å². The lowest BCUT2D eigenvalue weighted by Crippen LogP contribution is -2.60. The van der Waals surface area contributed by atoms with E-state index in [0.29, 0.717) is 13.0 Å². The number of rotatable bonds is 3. The van der Waals surface area contributed by atoms with Gasteiger partial charge in [0.2, 0.25) is 0 Å². The van der Waals surface area contributed by atoms with E-state index < -0.39 is 18.1 Å². The molecule has 0 spiro atoms. The average molecular weight is 215 g/mol. The summed E-state index contributed by atoms with van der Waals surface area (Å²) in [5.74, 6) is -1.28. The number of carbonyl (C=O) groups is 2. The van der Waals surface area contributed by atoms with Crippen LogP contribution >= 0.6 is 0 Å². The molecule has 1 heterocycles. The lowest BCUT2D eigenvalue weighted by molar-refractivity contribution is -0.155. The van der Waals surface area contributed by atoms with E-state index in [0.717, 1.165) is 0 Å². The summed E-state index contributed by atoms with van der Waals surface area (Å²) in [6, 6.07) is -1.05. The van der Waals surface area contributed by atoms with Crippen LogP contribution in [0.15, 0.2) is 0 Å². The average Bonchev–Trinajstić information content (AvgIpc) is 1.95. The SMILES string of the molecule is CC(C)(C)COC(=O)[C@H]1C[C@H](C(=O)O)N1. The van der Waals surface area contributed by atoms with Crippen LogP contribution in [-0.2, 0) is 14.3 Å². The monoisotopic (exact) mass is 215 g/mol. The molecule has 2 atom stereocenters. The summed E-state index contributed by atoms with van der Waals surface area (Å²) < 4.78 is 5.04. The number of carboxylic acids is 1. The van der Waals surface area contributed by atoms with Crippen molar-refractivity contribution in [2.45, 2.75) is 39.3 Å². The number of aliphatic carboxylic acids is 1. The lowest BCUT2D eigenvalue weighted by Gasteiger charge is -2.33. The molecule has 2 N–H and O–H groups in total. The number of esters is 1. The maximum atomic E-state index is 11.4. The second-order valence-electron chi connectivity index (χ2n) is 5.01. The normalized spacial score (nSPS) is 25.5. The fraction of sp³-hybridized carbons (Fsp3) is 0.800. The maximum absolute atomic E-state index is 11.4. The molecular formula is C10H17NO4. The van der Waals surface area contributed by atoms with Crippen LogP contribution in [-0.4, -0.2) is 35.7 Å². The number of ether oxygens (including phenoxy) is 1. The Morgan fingerprint density at radius 2 is 1.93 bits per heavy atom. The van der Waals surface area contributed by atoms with Gasteiger partial charge in [-0.05, 0) is 11.8 Å². The minimum absolute atomic E-state index is 0.0639. The van der Waals surface area contributed by atoms with Crippen molar-refractivity contribution in [2.24, 2.45) is 5.41 Å². The van der Waals surface area contributed by atoms with E-state index in [1.807, 2.05) is 20.8 Å². The first-order chi connectivity index (χ1) is 6.79. The molecule has 86 valence electrons. The van der Waals surface area contributed by atoms with E-state index in [1.165, 1.54) is 0 Å². The molecule has 5 heteroatoms. The Labute approximate surface area is 88.8 Å². The second-order valence-corrected chi connectivity index (χ2v) is 5.01. The van der Waals surface area contributed by atoms with E-state index in [-0.39, 0.29) is 11.4 Å². The van der Waals surface area contributed by atoms with Gasteiger partial charge >= 0.3 is 11.9 Å². The van der Waals surface area contributed by atoms with Crippen LogP contribution in [0.2, 0.25) is 0 Å². The predicted molar refractivity (Wildman–Crippen MR) is 53.4 cm³/mol. The van der Waals surface area contributed by atoms with E-state index in [9.17, 15) is 9.59 Å². The minimum Gasteiger partial charge on any atom is -0.480 e. The molecule has 1 fully saturated rings. The molecule has 1 rings (SSSR count). The fourth-order valence-electron chi connectivity index (χ4n) is 1.18. The van der Waals surface area contributed by atoms with E-state index in [2.05, 4.69) is 5.32 Å². The molecule has 1 aliphatic heterocycles. The van der Waals surface area contributed by atoms with E-state index in [1.54, 1.807) is 0 Å². The van der Waals surface area contributed by atoms with Crippen LogP contribution in [0.25, 0.3) is 0 Å². The molecule has 0 amide bonds. The van der Waals surface area contributed by atoms with Crippen LogP contribution in [0.5, 0.6) is 0 Å². The van der Waals surface area contributed by atoms with Gasteiger partial charge in [0, 0.05) is 0 Å². The fourth-order valence-corrected chi connectivity index (χ4v) is 1.18. The number of carboxylic acid groups (broad SMARTS) is 1. The molecule has 1 saturated heterocycles. The van der Waals surface area contributed by atoms with Crippen molar-refractivity contribution >= 4 is 11.9 Å². The molecule has 5 nitrogen and oxygen atoms in total. The van der Waals surface area contributed by atoms with Crippen molar-refractivity contribution in [3.05, 3.63) is 0 Å². The Hall–Kier alpha value is -1.10. The first-order valence-electron chi connectivity index (χ1n) is 4.95. The molecule has 0 aromatic heterocycles. The lowest BCUT2D eigenvalue weighted by atomic mass is 9.96. The van der Waals surface area contributed by atoms with Crippen LogP contribution in [0.1, 0.15) is 27.2 Å². The minimum atomic E-state index is -0.921. The third kappa shape index (κ3) is 3.51. The Balaban J connectivity index is 2.24. The highest BCUT2D eigenvalue weighted by Gasteiger charge is 2.39. The Kier molecular flexibility index (Phi) is 3.34. The van der Waals surface area contributed by atoms with Crippen molar-refractivity contribution < 1.29 is 19.4 Å². The van der Waals surface area contributed by atoms with Gasteiger partial charge in [0.15, 0.2) is 0 Å². The smallest absolute Gasteiger partial charge is 0.323 e. The van der Waals surface area contributed by atoms with Gasteiger partial charge in [-0.2, -0.15) is 0 Å². The zero-order chi connectivity index (χ0) is 11.6. The molecule has 0 aromatic rings. The topological polar surface area (TPSA) is 75.6 Å². The largest absolute Gasteiger partial charge is 0.480 e. The summed E-state index contributed by atoms with van der Waals surface area (Å²) in [5.41, 5.74) is -0.0639. The number of hydrogen-bond acceptors (Lipinski definition) is 4.